The van der Waals surface area contributed by atoms with E-state index in [4.69, 9.17) is 28.5 Å². The van der Waals surface area contributed by atoms with Crippen LogP contribution in [0.25, 0.3) is 11.0 Å². The number of hydrogen-bond acceptors (Lipinski definition) is 4. The summed E-state index contributed by atoms with van der Waals surface area (Å²) in [6.07, 6.45) is 0.248. The van der Waals surface area contributed by atoms with Gasteiger partial charge in [0.25, 0.3) is 0 Å². The summed E-state index contributed by atoms with van der Waals surface area (Å²) in [5, 5.41) is 28.7. The first-order valence-electron chi connectivity index (χ1n) is 7.37. The van der Waals surface area contributed by atoms with E-state index in [0.717, 1.165) is 5.69 Å². The van der Waals surface area contributed by atoms with Crippen LogP contribution >= 0.6 is 23.2 Å². The number of pyridine rings is 1. The number of rotatable bonds is 3. The molecular weight excluding hydrogens is 375 g/mol. The summed E-state index contributed by atoms with van der Waals surface area (Å²) in [4.78, 5) is 15.5. The SMILES string of the molecule is Cn1c(Cc2c(Cl)ccc(C(=O)O)c2Cl)cc2c(C#N)cc(C#N)nc21. The molecule has 0 bridgehead atoms. The zero-order valence-electron chi connectivity index (χ0n) is 13.4. The van der Waals surface area contributed by atoms with Gasteiger partial charge in [-0.2, -0.15) is 10.5 Å². The van der Waals surface area contributed by atoms with E-state index in [1.165, 1.54) is 18.2 Å². The molecule has 0 aliphatic heterocycles. The minimum atomic E-state index is -1.14. The lowest BCUT2D eigenvalue weighted by Gasteiger charge is -2.10. The molecule has 0 aliphatic rings. The molecule has 0 saturated carbocycles. The molecule has 3 aromatic rings. The van der Waals surface area contributed by atoms with Gasteiger partial charge in [-0.05, 0) is 29.8 Å². The fraction of sp³-hybridized carbons (Fsp3) is 0.111. The number of carboxylic acids is 1. The van der Waals surface area contributed by atoms with Gasteiger partial charge in [0, 0.05) is 29.6 Å². The minimum Gasteiger partial charge on any atom is -0.478 e. The summed E-state index contributed by atoms with van der Waals surface area (Å²) < 4.78 is 1.73. The van der Waals surface area contributed by atoms with E-state index >= 15 is 0 Å². The van der Waals surface area contributed by atoms with Crippen molar-refractivity contribution in [3.8, 4) is 12.1 Å². The average Bonchev–Trinajstić information content (AvgIpc) is 2.93. The maximum Gasteiger partial charge on any atom is 0.337 e. The Kier molecular flexibility index (Phi) is 4.56. The topological polar surface area (TPSA) is 103 Å². The van der Waals surface area contributed by atoms with Crippen LogP contribution in [0.15, 0.2) is 24.3 Å². The third-order valence-corrected chi connectivity index (χ3v) is 4.89. The molecule has 1 N–H and O–H groups in total. The molecule has 0 spiro atoms. The second-order valence-electron chi connectivity index (χ2n) is 5.58. The molecule has 2 aromatic heterocycles. The Labute approximate surface area is 158 Å². The van der Waals surface area contributed by atoms with E-state index in [9.17, 15) is 15.2 Å². The number of carboxylic acid groups (broad SMARTS) is 1. The van der Waals surface area contributed by atoms with Gasteiger partial charge >= 0.3 is 5.97 Å². The maximum absolute atomic E-state index is 11.3. The van der Waals surface area contributed by atoms with Crippen molar-refractivity contribution >= 4 is 40.2 Å². The lowest BCUT2D eigenvalue weighted by Crippen LogP contribution is -2.04. The molecule has 0 unspecified atom stereocenters. The lowest BCUT2D eigenvalue weighted by atomic mass is 10.1. The van der Waals surface area contributed by atoms with Gasteiger partial charge in [-0.1, -0.05) is 23.2 Å². The number of aromatic carboxylic acids is 1. The third kappa shape index (κ3) is 2.86. The summed E-state index contributed by atoms with van der Waals surface area (Å²) in [6, 6.07) is 10.0. The molecule has 128 valence electrons. The van der Waals surface area contributed by atoms with E-state index < -0.39 is 5.97 Å². The van der Waals surface area contributed by atoms with Gasteiger partial charge in [0.2, 0.25) is 0 Å². The van der Waals surface area contributed by atoms with Crippen LogP contribution < -0.4 is 0 Å². The number of fused-ring (bicyclic) bond motifs is 1. The molecular formula is C18H10Cl2N4O2. The van der Waals surface area contributed by atoms with E-state index in [1.54, 1.807) is 17.7 Å². The zero-order chi connectivity index (χ0) is 19.0. The molecule has 1 aromatic carbocycles. The molecule has 8 heteroatoms. The number of nitriles is 2. The summed E-state index contributed by atoms with van der Waals surface area (Å²) in [5.74, 6) is -1.14. The third-order valence-electron chi connectivity index (χ3n) is 4.11. The second kappa shape index (κ2) is 6.68. The van der Waals surface area contributed by atoms with Gasteiger partial charge in [-0.15, -0.1) is 0 Å². The highest BCUT2D eigenvalue weighted by atomic mass is 35.5. The van der Waals surface area contributed by atoms with Crippen LogP contribution in [0, 0.1) is 22.7 Å². The van der Waals surface area contributed by atoms with Crippen LogP contribution in [-0.2, 0) is 13.5 Å². The molecule has 0 fully saturated rings. The van der Waals surface area contributed by atoms with Gasteiger partial charge in [-0.25, -0.2) is 9.78 Å². The number of benzene rings is 1. The molecule has 0 aliphatic carbocycles. The van der Waals surface area contributed by atoms with Gasteiger partial charge in [0.15, 0.2) is 0 Å². The Balaban J connectivity index is 2.19. The molecule has 3 rings (SSSR count). The summed E-state index contributed by atoms with van der Waals surface area (Å²) in [7, 11) is 1.75. The molecule has 0 saturated heterocycles. The highest BCUT2D eigenvalue weighted by molar-refractivity contribution is 6.38. The fourth-order valence-electron chi connectivity index (χ4n) is 2.76. The standard InChI is InChI=1S/C18H10Cl2N4O2/c1-24-11(5-13-9(7-21)4-10(8-22)23-17(13)24)6-14-15(19)3-2-12(16(14)20)18(25)26/h2-5H,6H2,1H3,(H,25,26). The van der Waals surface area contributed by atoms with E-state index in [2.05, 4.69) is 11.1 Å². The van der Waals surface area contributed by atoms with E-state index in [1.807, 2.05) is 6.07 Å². The Bertz CT molecular complexity index is 1150. The zero-order valence-corrected chi connectivity index (χ0v) is 14.9. The first-order chi connectivity index (χ1) is 12.4. The van der Waals surface area contributed by atoms with Crippen molar-refractivity contribution in [2.75, 3.05) is 0 Å². The van der Waals surface area contributed by atoms with Crippen molar-refractivity contribution < 1.29 is 9.90 Å². The van der Waals surface area contributed by atoms with Gasteiger partial charge in [-0.3, -0.25) is 0 Å². The van der Waals surface area contributed by atoms with Crippen molar-refractivity contribution in [1.82, 2.24) is 9.55 Å². The Morgan fingerprint density at radius 2 is 2.00 bits per heavy atom. The van der Waals surface area contributed by atoms with Gasteiger partial charge < -0.3 is 9.67 Å². The predicted molar refractivity (Wildman–Crippen MR) is 96.4 cm³/mol. The van der Waals surface area contributed by atoms with Crippen LogP contribution in [0.1, 0.15) is 32.9 Å². The smallest absolute Gasteiger partial charge is 0.337 e. The monoisotopic (exact) mass is 384 g/mol. The number of aryl methyl sites for hydroxylation is 1. The van der Waals surface area contributed by atoms with Crippen LogP contribution in [0.4, 0.5) is 0 Å². The number of aromatic nitrogens is 2. The van der Waals surface area contributed by atoms with Crippen LogP contribution in [0.3, 0.4) is 0 Å². The van der Waals surface area contributed by atoms with Crippen molar-refractivity contribution in [3.63, 3.8) is 0 Å². The normalized spacial score (nSPS) is 10.5. The van der Waals surface area contributed by atoms with Crippen LogP contribution in [0.5, 0.6) is 0 Å². The Hall–Kier alpha value is -3.06. The molecule has 26 heavy (non-hydrogen) atoms. The highest BCUT2D eigenvalue weighted by Gasteiger charge is 2.19. The maximum atomic E-state index is 11.3. The first-order valence-corrected chi connectivity index (χ1v) is 8.12. The van der Waals surface area contributed by atoms with Crippen molar-refractivity contribution in [1.29, 1.82) is 10.5 Å². The van der Waals surface area contributed by atoms with Gasteiger partial charge in [0.05, 0.1) is 22.2 Å². The number of nitrogens with zero attached hydrogens (tertiary/aromatic N) is 4. The first kappa shape index (κ1) is 17.8. The molecule has 6 nitrogen and oxygen atoms in total. The fourth-order valence-corrected chi connectivity index (χ4v) is 3.35. The van der Waals surface area contributed by atoms with Crippen molar-refractivity contribution in [2.24, 2.45) is 7.05 Å². The van der Waals surface area contributed by atoms with E-state index in [0.29, 0.717) is 27.2 Å². The van der Waals surface area contributed by atoms with Gasteiger partial charge in [0.1, 0.15) is 17.4 Å². The predicted octanol–water partition coefficient (Wildman–Crippen LogP) is 3.91. The number of halogens is 2. The van der Waals surface area contributed by atoms with E-state index in [-0.39, 0.29) is 22.7 Å². The lowest BCUT2D eigenvalue weighted by molar-refractivity contribution is 0.0697. The van der Waals surface area contributed by atoms with Crippen LogP contribution in [0.2, 0.25) is 10.0 Å². The van der Waals surface area contributed by atoms with Crippen molar-refractivity contribution in [3.05, 3.63) is 62.4 Å². The number of carbonyl (C=O) groups is 1. The Morgan fingerprint density at radius 1 is 1.27 bits per heavy atom. The summed E-state index contributed by atoms with van der Waals surface area (Å²) >= 11 is 12.4. The molecule has 0 amide bonds. The number of hydrogen-bond donors (Lipinski definition) is 1. The Morgan fingerprint density at radius 3 is 2.62 bits per heavy atom. The minimum absolute atomic E-state index is 0.0348. The quantitative estimate of drug-likeness (QED) is 0.736. The van der Waals surface area contributed by atoms with Crippen molar-refractivity contribution in [2.45, 2.75) is 6.42 Å². The highest BCUT2D eigenvalue weighted by Crippen LogP contribution is 2.32. The second-order valence-corrected chi connectivity index (χ2v) is 6.37. The summed E-state index contributed by atoms with van der Waals surface area (Å²) in [6.45, 7) is 0. The molecule has 0 atom stereocenters. The van der Waals surface area contributed by atoms with Crippen LogP contribution in [-0.4, -0.2) is 20.6 Å². The molecule has 2 heterocycles. The average molecular weight is 385 g/mol. The molecule has 0 radical (unpaired) electrons. The largest absolute Gasteiger partial charge is 0.478 e. The summed E-state index contributed by atoms with van der Waals surface area (Å²) in [5.41, 5.74) is 2.13.